The maximum atomic E-state index is 12.8. The van der Waals surface area contributed by atoms with Crippen molar-refractivity contribution in [1.82, 2.24) is 10.2 Å². The molecular formula is C22H30BrN5O2. The third-order valence-electron chi connectivity index (χ3n) is 4.69. The van der Waals surface area contributed by atoms with Gasteiger partial charge in [-0.05, 0) is 55.6 Å². The van der Waals surface area contributed by atoms with E-state index in [-0.39, 0.29) is 11.9 Å². The van der Waals surface area contributed by atoms with Crippen molar-refractivity contribution >= 4 is 44.9 Å². The minimum Gasteiger partial charge on any atom is -0.377 e. The van der Waals surface area contributed by atoms with E-state index in [0.29, 0.717) is 23.5 Å². The Kier molecular flexibility index (Phi) is 9.14. The topological polar surface area (TPSA) is 76.7 Å². The lowest BCUT2D eigenvalue weighted by molar-refractivity contribution is 0.0949. The number of nitrogens with one attached hydrogen (secondary N) is 3. The third-order valence-corrected chi connectivity index (χ3v) is 5.22. The van der Waals surface area contributed by atoms with E-state index in [1.54, 1.807) is 24.3 Å². The van der Waals surface area contributed by atoms with Crippen molar-refractivity contribution in [2.45, 2.75) is 13.8 Å². The fraction of sp³-hybridized carbons (Fsp3) is 0.364. The first kappa shape index (κ1) is 23.7. The zero-order valence-electron chi connectivity index (χ0n) is 18.0. The molecule has 7 nitrogen and oxygen atoms in total. The minimum absolute atomic E-state index is 0.164. The van der Waals surface area contributed by atoms with E-state index < -0.39 is 0 Å². The van der Waals surface area contributed by atoms with Gasteiger partial charge in [-0.25, -0.2) is 4.79 Å². The molecule has 0 fully saturated rings. The summed E-state index contributed by atoms with van der Waals surface area (Å²) in [5.41, 5.74) is 2.52. The lowest BCUT2D eigenvalue weighted by atomic mass is 10.1. The summed E-state index contributed by atoms with van der Waals surface area (Å²) in [5.74, 6) is -0.164. The molecule has 0 atom stereocenters. The smallest absolute Gasteiger partial charge is 0.323 e. The maximum Gasteiger partial charge on any atom is 0.323 e. The van der Waals surface area contributed by atoms with Crippen LogP contribution in [0.3, 0.4) is 0 Å². The normalized spacial score (nSPS) is 10.6. The van der Waals surface area contributed by atoms with Crippen LogP contribution >= 0.6 is 15.9 Å². The largest absolute Gasteiger partial charge is 0.377 e. The molecule has 30 heavy (non-hydrogen) atoms. The van der Waals surface area contributed by atoms with Crippen molar-refractivity contribution in [2.75, 3.05) is 55.8 Å². The van der Waals surface area contributed by atoms with Crippen LogP contribution in [0.15, 0.2) is 46.9 Å². The summed E-state index contributed by atoms with van der Waals surface area (Å²) in [6.07, 6.45) is 0. The van der Waals surface area contributed by atoms with E-state index in [4.69, 9.17) is 0 Å². The van der Waals surface area contributed by atoms with Gasteiger partial charge in [-0.3, -0.25) is 4.79 Å². The maximum absolute atomic E-state index is 12.8. The molecule has 0 aliphatic heterocycles. The van der Waals surface area contributed by atoms with Gasteiger partial charge in [0.05, 0.1) is 5.56 Å². The van der Waals surface area contributed by atoms with Crippen LogP contribution in [-0.2, 0) is 0 Å². The van der Waals surface area contributed by atoms with Crippen LogP contribution < -0.4 is 20.9 Å². The average Bonchev–Trinajstić information content (AvgIpc) is 2.72. The molecular weight excluding hydrogens is 446 g/mol. The van der Waals surface area contributed by atoms with Gasteiger partial charge >= 0.3 is 6.03 Å². The van der Waals surface area contributed by atoms with Crippen LogP contribution in [0.2, 0.25) is 0 Å². The summed E-state index contributed by atoms with van der Waals surface area (Å²) in [7, 11) is 3.77. The second-order valence-electron chi connectivity index (χ2n) is 7.00. The number of urea groups is 1. The number of carbonyl (C=O) groups is 2. The standard InChI is InChI=1S/C22H30BrN5O2/c1-5-28(6-2)14-13-24-21(29)19-15-18(11-12-20(19)27(3)4)26-22(30)25-17-9-7-16(23)8-10-17/h7-12,15H,5-6,13-14H2,1-4H3,(H,24,29)(H2,25,26,30). The van der Waals surface area contributed by atoms with Crippen molar-refractivity contribution in [2.24, 2.45) is 0 Å². The van der Waals surface area contributed by atoms with Crippen LogP contribution in [0.4, 0.5) is 21.9 Å². The van der Waals surface area contributed by atoms with Crippen molar-refractivity contribution in [1.29, 1.82) is 0 Å². The number of halogens is 1. The number of amides is 3. The molecule has 0 radical (unpaired) electrons. The first-order chi connectivity index (χ1) is 14.3. The Bertz CT molecular complexity index is 851. The zero-order chi connectivity index (χ0) is 22.1. The molecule has 8 heteroatoms. The number of anilines is 3. The number of rotatable bonds is 9. The zero-order valence-corrected chi connectivity index (χ0v) is 19.5. The Morgan fingerprint density at radius 1 is 0.933 bits per heavy atom. The van der Waals surface area contributed by atoms with E-state index in [0.717, 1.165) is 29.8 Å². The highest BCUT2D eigenvalue weighted by Gasteiger charge is 2.15. The minimum atomic E-state index is -0.372. The van der Waals surface area contributed by atoms with Crippen molar-refractivity contribution in [3.05, 3.63) is 52.5 Å². The quantitative estimate of drug-likeness (QED) is 0.507. The summed E-state index contributed by atoms with van der Waals surface area (Å²) < 4.78 is 0.935. The summed E-state index contributed by atoms with van der Waals surface area (Å²) >= 11 is 3.37. The first-order valence-electron chi connectivity index (χ1n) is 9.99. The summed E-state index contributed by atoms with van der Waals surface area (Å²) in [4.78, 5) is 29.3. The Hall–Kier alpha value is -2.58. The number of hydrogen-bond acceptors (Lipinski definition) is 4. The molecule has 3 N–H and O–H groups in total. The molecule has 2 aromatic rings. The van der Waals surface area contributed by atoms with Gasteiger partial charge < -0.3 is 25.8 Å². The van der Waals surface area contributed by atoms with Gasteiger partial charge in [-0.15, -0.1) is 0 Å². The van der Waals surface area contributed by atoms with E-state index in [9.17, 15) is 9.59 Å². The van der Waals surface area contributed by atoms with Gasteiger partial charge in [-0.1, -0.05) is 29.8 Å². The van der Waals surface area contributed by atoms with Gasteiger partial charge in [0, 0.05) is 48.7 Å². The summed E-state index contributed by atoms with van der Waals surface area (Å²) in [6, 6.07) is 12.2. The molecule has 0 unspecified atom stereocenters. The second-order valence-corrected chi connectivity index (χ2v) is 7.91. The fourth-order valence-electron chi connectivity index (χ4n) is 2.97. The number of benzene rings is 2. The SMILES string of the molecule is CCN(CC)CCNC(=O)c1cc(NC(=O)Nc2ccc(Br)cc2)ccc1N(C)C. The number of hydrogen-bond donors (Lipinski definition) is 3. The molecule has 0 heterocycles. The lowest BCUT2D eigenvalue weighted by Crippen LogP contribution is -2.35. The number of carbonyl (C=O) groups excluding carboxylic acids is 2. The van der Waals surface area contributed by atoms with Crippen LogP contribution in [0.5, 0.6) is 0 Å². The molecule has 0 aromatic heterocycles. The van der Waals surface area contributed by atoms with Crippen molar-refractivity contribution in [3.63, 3.8) is 0 Å². The van der Waals surface area contributed by atoms with E-state index >= 15 is 0 Å². The monoisotopic (exact) mass is 475 g/mol. The molecule has 0 saturated heterocycles. The highest BCUT2D eigenvalue weighted by Crippen LogP contribution is 2.23. The molecule has 162 valence electrons. The molecule has 0 spiro atoms. The van der Waals surface area contributed by atoms with Gasteiger partial charge in [0.1, 0.15) is 0 Å². The summed E-state index contributed by atoms with van der Waals surface area (Å²) in [5, 5.41) is 8.55. The molecule has 0 aliphatic rings. The molecule has 0 aliphatic carbocycles. The first-order valence-corrected chi connectivity index (χ1v) is 10.8. The van der Waals surface area contributed by atoms with E-state index in [2.05, 4.69) is 50.6 Å². The van der Waals surface area contributed by atoms with E-state index in [1.807, 2.05) is 37.2 Å². The van der Waals surface area contributed by atoms with Crippen LogP contribution in [0.1, 0.15) is 24.2 Å². The fourth-order valence-corrected chi connectivity index (χ4v) is 3.24. The predicted molar refractivity (Wildman–Crippen MR) is 128 cm³/mol. The molecule has 3 amide bonds. The third kappa shape index (κ3) is 7.03. The van der Waals surface area contributed by atoms with Crippen LogP contribution in [0, 0.1) is 0 Å². The van der Waals surface area contributed by atoms with Gasteiger partial charge in [0.15, 0.2) is 0 Å². The average molecular weight is 476 g/mol. The highest BCUT2D eigenvalue weighted by atomic mass is 79.9. The van der Waals surface area contributed by atoms with Crippen LogP contribution in [0.25, 0.3) is 0 Å². The van der Waals surface area contributed by atoms with Gasteiger partial charge in [-0.2, -0.15) is 0 Å². The second kappa shape index (κ2) is 11.6. The van der Waals surface area contributed by atoms with Crippen LogP contribution in [-0.4, -0.2) is 57.1 Å². The lowest BCUT2D eigenvalue weighted by Gasteiger charge is -2.20. The predicted octanol–water partition coefficient (Wildman–Crippen LogP) is 4.23. The molecule has 2 aromatic carbocycles. The number of nitrogens with zero attached hydrogens (tertiary/aromatic N) is 2. The Morgan fingerprint density at radius 2 is 1.53 bits per heavy atom. The Labute approximate surface area is 186 Å². The molecule has 2 rings (SSSR count). The highest BCUT2D eigenvalue weighted by molar-refractivity contribution is 9.10. The Morgan fingerprint density at radius 3 is 2.13 bits per heavy atom. The van der Waals surface area contributed by atoms with Crippen molar-refractivity contribution in [3.8, 4) is 0 Å². The number of likely N-dealkylation sites (N-methyl/N-ethyl adjacent to an activating group) is 1. The van der Waals surface area contributed by atoms with Crippen molar-refractivity contribution < 1.29 is 9.59 Å². The molecule has 0 saturated carbocycles. The summed E-state index contributed by atoms with van der Waals surface area (Å²) in [6.45, 7) is 7.46. The van der Waals surface area contributed by atoms with Gasteiger partial charge in [0.2, 0.25) is 0 Å². The van der Waals surface area contributed by atoms with E-state index in [1.165, 1.54) is 0 Å². The Balaban J connectivity index is 2.07. The molecule has 0 bridgehead atoms. The van der Waals surface area contributed by atoms with Gasteiger partial charge in [0.25, 0.3) is 5.91 Å².